The summed E-state index contributed by atoms with van der Waals surface area (Å²) in [5.74, 6) is 0.00769. The maximum Gasteiger partial charge on any atom is 0.307 e. The number of hydrogen-bond acceptors (Lipinski definition) is 8. The molecule has 13 nitrogen and oxygen atoms in total. The van der Waals surface area contributed by atoms with Gasteiger partial charge in [0.2, 0.25) is 0 Å². The Hall–Kier alpha value is -4.03. The van der Waals surface area contributed by atoms with Gasteiger partial charge in [-0.2, -0.15) is 10.2 Å². The van der Waals surface area contributed by atoms with Crippen molar-refractivity contribution in [2.45, 2.75) is 13.1 Å². The number of hydrogen-bond donors (Lipinski definition) is 1. The Balaban J connectivity index is 1.51. The first-order chi connectivity index (χ1) is 12.9. The number of nitrogens with one attached hydrogen (secondary N) is 1. The molecular formula is C14H13N7O6. The number of carbonyl (C=O) groups is 1. The van der Waals surface area contributed by atoms with Crippen LogP contribution in [0.1, 0.15) is 16.3 Å². The third-order valence-electron chi connectivity index (χ3n) is 3.49. The van der Waals surface area contributed by atoms with Crippen LogP contribution in [0.4, 0.5) is 11.4 Å². The van der Waals surface area contributed by atoms with Gasteiger partial charge in [-0.05, 0) is 12.1 Å². The Bertz CT molecular complexity index is 988. The molecule has 0 bridgehead atoms. The Labute approximate surface area is 150 Å². The molecule has 0 saturated heterocycles. The molecule has 0 saturated carbocycles. The van der Waals surface area contributed by atoms with Crippen molar-refractivity contribution in [1.82, 2.24) is 24.9 Å². The van der Waals surface area contributed by atoms with Crippen LogP contribution in [0.3, 0.4) is 0 Å². The molecule has 3 aromatic heterocycles. The lowest BCUT2D eigenvalue weighted by molar-refractivity contribution is -0.385. The highest BCUT2D eigenvalue weighted by molar-refractivity contribution is 5.91. The maximum absolute atomic E-state index is 12.1. The molecule has 1 amide bonds. The predicted octanol–water partition coefficient (Wildman–Crippen LogP) is 0.967. The number of nitro groups is 2. The van der Waals surface area contributed by atoms with Gasteiger partial charge in [0.05, 0.1) is 22.9 Å². The van der Waals surface area contributed by atoms with Crippen molar-refractivity contribution < 1.29 is 19.1 Å². The summed E-state index contributed by atoms with van der Waals surface area (Å²) in [6.07, 6.45) is 4.77. The van der Waals surface area contributed by atoms with Crippen LogP contribution >= 0.6 is 0 Å². The Morgan fingerprint density at radius 2 is 1.70 bits per heavy atom. The van der Waals surface area contributed by atoms with Gasteiger partial charge in [-0.1, -0.05) is 0 Å². The van der Waals surface area contributed by atoms with Crippen LogP contribution in [0, 0.1) is 20.2 Å². The van der Waals surface area contributed by atoms with Crippen molar-refractivity contribution in [2.24, 2.45) is 0 Å². The first-order valence-electron chi connectivity index (χ1n) is 7.63. The zero-order chi connectivity index (χ0) is 19.4. The van der Waals surface area contributed by atoms with Crippen molar-refractivity contribution in [3.05, 3.63) is 68.7 Å². The van der Waals surface area contributed by atoms with Crippen molar-refractivity contribution in [3.8, 4) is 0 Å². The van der Waals surface area contributed by atoms with Gasteiger partial charge in [-0.25, -0.2) is 0 Å². The maximum atomic E-state index is 12.1. The van der Waals surface area contributed by atoms with E-state index in [-0.39, 0.29) is 36.8 Å². The first-order valence-corrected chi connectivity index (χ1v) is 7.63. The second-order valence-electron chi connectivity index (χ2n) is 5.39. The highest BCUT2D eigenvalue weighted by Gasteiger charge is 2.14. The van der Waals surface area contributed by atoms with Crippen LogP contribution in [-0.2, 0) is 13.1 Å². The van der Waals surface area contributed by atoms with Gasteiger partial charge in [-0.15, -0.1) is 0 Å². The molecule has 3 aromatic rings. The fourth-order valence-corrected chi connectivity index (χ4v) is 2.22. The van der Waals surface area contributed by atoms with E-state index in [1.165, 1.54) is 27.8 Å². The highest BCUT2D eigenvalue weighted by atomic mass is 16.6. The number of furan rings is 1. The van der Waals surface area contributed by atoms with Gasteiger partial charge in [0, 0.05) is 6.54 Å². The van der Waals surface area contributed by atoms with Gasteiger partial charge in [0.1, 0.15) is 30.5 Å². The standard InChI is InChI=1S/C14H13N7O6/c22-14(15-3-4-18-7-10(5-16-18)20(23)24)13-2-1-12(27-13)9-19-8-11(6-17-19)21(25)26/h1-2,5-8H,3-4,9H2,(H,15,22). The summed E-state index contributed by atoms with van der Waals surface area (Å²) in [6.45, 7) is 0.585. The summed E-state index contributed by atoms with van der Waals surface area (Å²) < 4.78 is 8.07. The number of amides is 1. The molecule has 13 heteroatoms. The highest BCUT2D eigenvalue weighted by Crippen LogP contribution is 2.13. The lowest BCUT2D eigenvalue weighted by atomic mass is 10.4. The molecule has 1 N–H and O–H groups in total. The molecule has 0 spiro atoms. The lowest BCUT2D eigenvalue weighted by Gasteiger charge is -2.03. The number of carbonyl (C=O) groups excluding carboxylic acids is 1. The Morgan fingerprint density at radius 3 is 2.33 bits per heavy atom. The van der Waals surface area contributed by atoms with E-state index in [1.807, 2.05) is 0 Å². The SMILES string of the molecule is O=C(NCCn1cc([N+](=O)[O-])cn1)c1ccc(Cn2cc([N+](=O)[O-])cn2)o1. The van der Waals surface area contributed by atoms with Crippen LogP contribution in [-0.4, -0.2) is 41.9 Å². The van der Waals surface area contributed by atoms with E-state index in [0.717, 1.165) is 12.4 Å². The van der Waals surface area contributed by atoms with Crippen molar-refractivity contribution >= 4 is 17.3 Å². The molecule has 0 atom stereocenters. The normalized spacial score (nSPS) is 10.7. The van der Waals surface area contributed by atoms with Crippen molar-refractivity contribution in [3.63, 3.8) is 0 Å². The molecule has 3 heterocycles. The minimum Gasteiger partial charge on any atom is -0.454 e. The fourth-order valence-electron chi connectivity index (χ4n) is 2.22. The Morgan fingerprint density at radius 1 is 1.07 bits per heavy atom. The average Bonchev–Trinajstić information content (AvgIpc) is 3.35. The van der Waals surface area contributed by atoms with Crippen LogP contribution < -0.4 is 5.32 Å². The average molecular weight is 375 g/mol. The predicted molar refractivity (Wildman–Crippen MR) is 87.9 cm³/mol. The minimum absolute atomic E-state index is 0.0677. The monoisotopic (exact) mass is 375 g/mol. The van der Waals surface area contributed by atoms with Gasteiger partial charge in [-0.3, -0.25) is 34.4 Å². The largest absolute Gasteiger partial charge is 0.454 e. The summed E-state index contributed by atoms with van der Waals surface area (Å²) in [4.78, 5) is 32.2. The molecule has 0 aromatic carbocycles. The summed E-state index contributed by atoms with van der Waals surface area (Å²) in [5, 5.41) is 31.5. The van der Waals surface area contributed by atoms with Crippen LogP contribution in [0.5, 0.6) is 0 Å². The zero-order valence-electron chi connectivity index (χ0n) is 13.7. The van der Waals surface area contributed by atoms with Gasteiger partial charge in [0.25, 0.3) is 5.91 Å². The lowest BCUT2D eigenvalue weighted by Crippen LogP contribution is -2.27. The molecule has 3 rings (SSSR count). The van der Waals surface area contributed by atoms with Crippen LogP contribution in [0.25, 0.3) is 0 Å². The second-order valence-corrected chi connectivity index (χ2v) is 5.39. The molecular weight excluding hydrogens is 362 g/mol. The van der Waals surface area contributed by atoms with E-state index in [4.69, 9.17) is 4.42 Å². The third-order valence-corrected chi connectivity index (χ3v) is 3.49. The van der Waals surface area contributed by atoms with Crippen molar-refractivity contribution in [2.75, 3.05) is 6.54 Å². The third kappa shape index (κ3) is 4.33. The second kappa shape index (κ2) is 7.47. The van der Waals surface area contributed by atoms with E-state index < -0.39 is 15.8 Å². The minimum atomic E-state index is -0.557. The van der Waals surface area contributed by atoms with Crippen LogP contribution in [0.15, 0.2) is 41.3 Å². The Kier molecular flexibility index (Phi) is 4.92. The van der Waals surface area contributed by atoms with E-state index in [1.54, 1.807) is 6.07 Å². The van der Waals surface area contributed by atoms with E-state index >= 15 is 0 Å². The molecule has 0 fully saturated rings. The fraction of sp³-hybridized carbons (Fsp3) is 0.214. The number of rotatable bonds is 8. The van der Waals surface area contributed by atoms with Crippen LogP contribution in [0.2, 0.25) is 0 Å². The van der Waals surface area contributed by atoms with Gasteiger partial charge < -0.3 is 9.73 Å². The molecule has 0 aliphatic carbocycles. The summed E-state index contributed by atoms with van der Waals surface area (Å²) >= 11 is 0. The molecule has 27 heavy (non-hydrogen) atoms. The molecule has 0 aliphatic heterocycles. The van der Waals surface area contributed by atoms with Gasteiger partial charge >= 0.3 is 11.4 Å². The zero-order valence-corrected chi connectivity index (χ0v) is 13.7. The summed E-state index contributed by atoms with van der Waals surface area (Å²) in [7, 11) is 0. The number of nitrogens with zero attached hydrogens (tertiary/aromatic N) is 6. The molecule has 140 valence electrons. The topological polar surface area (TPSA) is 164 Å². The first kappa shape index (κ1) is 17.8. The number of aromatic nitrogens is 4. The van der Waals surface area contributed by atoms with E-state index in [0.29, 0.717) is 5.76 Å². The van der Waals surface area contributed by atoms with Crippen molar-refractivity contribution in [1.29, 1.82) is 0 Å². The molecule has 0 unspecified atom stereocenters. The quantitative estimate of drug-likeness (QED) is 0.449. The molecule has 0 radical (unpaired) electrons. The van der Waals surface area contributed by atoms with Gasteiger partial charge in [0.15, 0.2) is 5.76 Å². The van der Waals surface area contributed by atoms with E-state index in [9.17, 15) is 25.0 Å². The molecule has 0 aliphatic rings. The smallest absolute Gasteiger partial charge is 0.307 e. The van der Waals surface area contributed by atoms with E-state index in [2.05, 4.69) is 15.5 Å². The summed E-state index contributed by atoms with van der Waals surface area (Å²) in [6, 6.07) is 3.04. The summed E-state index contributed by atoms with van der Waals surface area (Å²) in [5.41, 5.74) is -0.269.